The summed E-state index contributed by atoms with van der Waals surface area (Å²) in [4.78, 5) is 37.7. The maximum atomic E-state index is 12.9. The SMILES string of the molecule is CCOC(=O)[C@H](C)Oc1c(C=NN2C(=O)[C@@H]3[C@H](C2=O)[C@H]2C=C[C@H]3C2)cc(Br)cc1OC. The van der Waals surface area contributed by atoms with Gasteiger partial charge in [0.25, 0.3) is 11.8 Å². The zero-order valence-electron chi connectivity index (χ0n) is 17.4. The molecular weight excluding hydrogens is 468 g/mol. The van der Waals surface area contributed by atoms with Crippen LogP contribution < -0.4 is 9.47 Å². The molecule has 0 radical (unpaired) electrons. The molecule has 31 heavy (non-hydrogen) atoms. The standard InChI is InChI=1S/C22H23BrN2O6/c1-4-30-22(28)11(2)31-19-14(8-15(23)9-16(19)29-3)10-24-25-20(26)17-12-5-6-13(7-12)18(17)21(25)27/h5-6,8-13,17-18H,4,7H2,1-3H3/t11-,12-,13-,17-,18+/m0/s1. The van der Waals surface area contributed by atoms with Crippen molar-refractivity contribution in [3.8, 4) is 11.5 Å². The number of imide groups is 1. The Labute approximate surface area is 188 Å². The van der Waals surface area contributed by atoms with Crippen LogP contribution in [-0.2, 0) is 19.1 Å². The summed E-state index contributed by atoms with van der Waals surface area (Å²) in [5.41, 5.74) is 0.445. The van der Waals surface area contributed by atoms with Gasteiger partial charge in [-0.2, -0.15) is 10.1 Å². The molecule has 8 nitrogen and oxygen atoms in total. The predicted molar refractivity (Wildman–Crippen MR) is 115 cm³/mol. The Morgan fingerprint density at radius 2 is 1.90 bits per heavy atom. The van der Waals surface area contributed by atoms with E-state index in [0.717, 1.165) is 11.4 Å². The highest BCUT2D eigenvalue weighted by Crippen LogP contribution is 2.52. The van der Waals surface area contributed by atoms with Crippen LogP contribution in [0.15, 0.2) is 33.9 Å². The molecule has 1 aliphatic heterocycles. The number of allylic oxidation sites excluding steroid dienone is 2. The van der Waals surface area contributed by atoms with Crippen LogP contribution in [0.3, 0.4) is 0 Å². The van der Waals surface area contributed by atoms with Gasteiger partial charge in [0.2, 0.25) is 0 Å². The second-order valence-electron chi connectivity index (χ2n) is 7.77. The minimum Gasteiger partial charge on any atom is -0.493 e. The molecule has 1 aromatic carbocycles. The highest BCUT2D eigenvalue weighted by molar-refractivity contribution is 9.10. The lowest BCUT2D eigenvalue weighted by Crippen LogP contribution is -2.28. The minimum absolute atomic E-state index is 0.113. The van der Waals surface area contributed by atoms with Crippen molar-refractivity contribution in [1.82, 2.24) is 5.01 Å². The summed E-state index contributed by atoms with van der Waals surface area (Å²) < 4.78 is 16.9. The third-order valence-corrected chi connectivity index (χ3v) is 6.40. The molecule has 4 rings (SSSR count). The van der Waals surface area contributed by atoms with E-state index < -0.39 is 12.1 Å². The summed E-state index contributed by atoms with van der Waals surface area (Å²) in [6.07, 6.45) is 5.42. The van der Waals surface area contributed by atoms with Crippen molar-refractivity contribution in [1.29, 1.82) is 0 Å². The van der Waals surface area contributed by atoms with Gasteiger partial charge < -0.3 is 14.2 Å². The monoisotopic (exact) mass is 490 g/mol. The number of rotatable bonds is 7. The first kappa shape index (κ1) is 21.5. The molecule has 9 heteroatoms. The van der Waals surface area contributed by atoms with Gasteiger partial charge in [-0.3, -0.25) is 9.59 Å². The largest absolute Gasteiger partial charge is 0.493 e. The summed E-state index contributed by atoms with van der Waals surface area (Å²) in [6, 6.07) is 3.39. The number of benzene rings is 1. The topological polar surface area (TPSA) is 94.5 Å². The lowest BCUT2D eigenvalue weighted by Gasteiger charge is -2.18. The second kappa shape index (κ2) is 8.45. The van der Waals surface area contributed by atoms with E-state index in [1.165, 1.54) is 13.3 Å². The van der Waals surface area contributed by atoms with Crippen LogP contribution in [0.5, 0.6) is 11.5 Å². The summed E-state index contributed by atoms with van der Waals surface area (Å²) in [5, 5.41) is 5.17. The van der Waals surface area contributed by atoms with Gasteiger partial charge in [-0.05, 0) is 44.2 Å². The zero-order chi connectivity index (χ0) is 22.3. The van der Waals surface area contributed by atoms with Gasteiger partial charge in [-0.1, -0.05) is 28.1 Å². The molecule has 2 fully saturated rings. The number of hydrogen-bond donors (Lipinski definition) is 0. The molecule has 1 aromatic rings. The number of carbonyl (C=O) groups excluding carboxylic acids is 3. The maximum Gasteiger partial charge on any atom is 0.347 e. The Hall–Kier alpha value is -2.68. The number of amides is 2. The van der Waals surface area contributed by atoms with Crippen molar-refractivity contribution in [2.45, 2.75) is 26.4 Å². The van der Waals surface area contributed by atoms with Crippen molar-refractivity contribution in [2.24, 2.45) is 28.8 Å². The molecule has 1 heterocycles. The fourth-order valence-corrected chi connectivity index (χ4v) is 5.02. The van der Waals surface area contributed by atoms with Crippen LogP contribution in [0.4, 0.5) is 0 Å². The third-order valence-electron chi connectivity index (χ3n) is 5.94. The molecule has 1 saturated heterocycles. The van der Waals surface area contributed by atoms with Crippen LogP contribution >= 0.6 is 15.9 Å². The Morgan fingerprint density at radius 1 is 1.26 bits per heavy atom. The van der Waals surface area contributed by atoms with Gasteiger partial charge in [-0.25, -0.2) is 4.79 Å². The zero-order valence-corrected chi connectivity index (χ0v) is 19.0. The summed E-state index contributed by atoms with van der Waals surface area (Å²) >= 11 is 3.40. The average molecular weight is 491 g/mol. The van der Waals surface area contributed by atoms with E-state index >= 15 is 0 Å². The Bertz CT molecular complexity index is 960. The molecule has 2 bridgehead atoms. The van der Waals surface area contributed by atoms with Crippen LogP contribution in [0.25, 0.3) is 0 Å². The van der Waals surface area contributed by atoms with E-state index in [0.29, 0.717) is 15.8 Å². The summed E-state index contributed by atoms with van der Waals surface area (Å²) in [6.45, 7) is 3.51. The lowest BCUT2D eigenvalue weighted by molar-refractivity contribution is -0.150. The van der Waals surface area contributed by atoms with Crippen molar-refractivity contribution < 1.29 is 28.6 Å². The molecular formula is C22H23BrN2O6. The molecule has 2 amide bonds. The summed E-state index contributed by atoms with van der Waals surface area (Å²) in [7, 11) is 1.47. The lowest BCUT2D eigenvalue weighted by atomic mass is 9.85. The van der Waals surface area contributed by atoms with Gasteiger partial charge in [0.15, 0.2) is 17.6 Å². The minimum atomic E-state index is -0.890. The van der Waals surface area contributed by atoms with Gasteiger partial charge in [0.05, 0.1) is 31.8 Å². The number of fused-ring (bicyclic) bond motifs is 5. The van der Waals surface area contributed by atoms with E-state index in [4.69, 9.17) is 14.2 Å². The first-order valence-corrected chi connectivity index (χ1v) is 11.0. The number of carbonyl (C=O) groups is 3. The van der Waals surface area contributed by atoms with E-state index in [9.17, 15) is 14.4 Å². The van der Waals surface area contributed by atoms with Crippen LogP contribution in [0.2, 0.25) is 0 Å². The average Bonchev–Trinajstić information content (AvgIpc) is 3.42. The number of methoxy groups -OCH3 is 1. The highest BCUT2D eigenvalue weighted by Gasteiger charge is 2.59. The fraction of sp³-hybridized carbons (Fsp3) is 0.455. The number of hydrogen-bond acceptors (Lipinski definition) is 7. The quantitative estimate of drug-likeness (QED) is 0.252. The molecule has 0 spiro atoms. The molecule has 0 unspecified atom stereocenters. The molecule has 164 valence electrons. The van der Waals surface area contributed by atoms with Gasteiger partial charge >= 0.3 is 5.97 Å². The number of nitrogens with zero attached hydrogens (tertiary/aromatic N) is 2. The normalized spacial score (nSPS) is 27.2. The number of halogens is 1. The third kappa shape index (κ3) is 3.75. The summed E-state index contributed by atoms with van der Waals surface area (Å²) in [5.74, 6) is -0.853. The predicted octanol–water partition coefficient (Wildman–Crippen LogP) is 2.93. The Kier molecular flexibility index (Phi) is 5.88. The molecule has 0 aromatic heterocycles. The second-order valence-corrected chi connectivity index (χ2v) is 8.69. The fourth-order valence-electron chi connectivity index (χ4n) is 4.57. The van der Waals surface area contributed by atoms with E-state index in [2.05, 4.69) is 21.0 Å². The molecule has 3 aliphatic rings. The van der Waals surface area contributed by atoms with Gasteiger partial charge in [0, 0.05) is 10.0 Å². The van der Waals surface area contributed by atoms with Crippen LogP contribution in [0, 0.1) is 23.7 Å². The first-order chi connectivity index (χ1) is 14.8. The Balaban J connectivity index is 1.61. The van der Waals surface area contributed by atoms with E-state index in [-0.39, 0.29) is 47.8 Å². The number of ether oxygens (including phenoxy) is 3. The van der Waals surface area contributed by atoms with E-state index in [1.54, 1.807) is 26.0 Å². The van der Waals surface area contributed by atoms with Crippen molar-refractivity contribution in [2.75, 3.05) is 13.7 Å². The van der Waals surface area contributed by atoms with Gasteiger partial charge in [-0.15, -0.1) is 0 Å². The maximum absolute atomic E-state index is 12.9. The van der Waals surface area contributed by atoms with Crippen molar-refractivity contribution in [3.05, 3.63) is 34.3 Å². The van der Waals surface area contributed by atoms with Crippen LogP contribution in [-0.4, -0.2) is 48.8 Å². The van der Waals surface area contributed by atoms with Gasteiger partial charge in [0.1, 0.15) is 0 Å². The molecule has 2 aliphatic carbocycles. The molecule has 1 saturated carbocycles. The highest BCUT2D eigenvalue weighted by atomic mass is 79.9. The molecule has 5 atom stereocenters. The van der Waals surface area contributed by atoms with Crippen molar-refractivity contribution in [3.63, 3.8) is 0 Å². The van der Waals surface area contributed by atoms with Crippen LogP contribution in [0.1, 0.15) is 25.8 Å². The Morgan fingerprint density at radius 3 is 2.48 bits per heavy atom. The van der Waals surface area contributed by atoms with E-state index in [1.807, 2.05) is 12.2 Å². The van der Waals surface area contributed by atoms with Crippen molar-refractivity contribution >= 4 is 39.9 Å². The first-order valence-electron chi connectivity index (χ1n) is 10.2. The number of hydrazone groups is 1. The number of esters is 1. The smallest absolute Gasteiger partial charge is 0.347 e. The molecule has 0 N–H and O–H groups in total.